The molecule has 2 rings (SSSR count). The molecule has 0 aliphatic carbocycles. The van der Waals surface area contributed by atoms with Gasteiger partial charge in [0, 0.05) is 5.56 Å². The minimum Gasteiger partial charge on any atom is -0.493 e. The standard InChI is InChI=1S/C15H15NO5/c1-10-4-3-5-13(15(10)16(18)19)21-12-7-6-11(9-17)8-14(12)20-2/h3-8,17H,9H2,1-2H3. The fourth-order valence-electron chi connectivity index (χ4n) is 1.96. The first-order valence-corrected chi connectivity index (χ1v) is 6.26. The molecule has 0 heterocycles. The summed E-state index contributed by atoms with van der Waals surface area (Å²) in [4.78, 5) is 10.7. The fourth-order valence-corrected chi connectivity index (χ4v) is 1.96. The van der Waals surface area contributed by atoms with Gasteiger partial charge in [0.2, 0.25) is 5.75 Å². The molecule has 0 saturated carbocycles. The maximum atomic E-state index is 11.1. The average molecular weight is 289 g/mol. The SMILES string of the molecule is COc1cc(CO)ccc1Oc1cccc(C)c1[N+](=O)[O-]. The number of ether oxygens (including phenoxy) is 2. The zero-order valence-corrected chi connectivity index (χ0v) is 11.7. The Hall–Kier alpha value is -2.60. The van der Waals surface area contributed by atoms with Crippen LogP contribution in [0.4, 0.5) is 5.69 Å². The number of aliphatic hydroxyl groups is 1. The molecule has 21 heavy (non-hydrogen) atoms. The van der Waals surface area contributed by atoms with E-state index in [2.05, 4.69) is 0 Å². The van der Waals surface area contributed by atoms with Gasteiger partial charge >= 0.3 is 5.69 Å². The van der Waals surface area contributed by atoms with Crippen LogP contribution in [0.25, 0.3) is 0 Å². The zero-order chi connectivity index (χ0) is 15.4. The monoisotopic (exact) mass is 289 g/mol. The minimum atomic E-state index is -0.473. The first-order chi connectivity index (χ1) is 10.1. The predicted octanol–water partition coefficient (Wildman–Crippen LogP) is 3.20. The molecule has 0 aliphatic heterocycles. The van der Waals surface area contributed by atoms with Crippen LogP contribution in [0.15, 0.2) is 36.4 Å². The summed E-state index contributed by atoms with van der Waals surface area (Å²) in [6.07, 6.45) is 0. The maximum absolute atomic E-state index is 11.1. The average Bonchev–Trinajstić information content (AvgIpc) is 2.47. The number of aliphatic hydroxyl groups excluding tert-OH is 1. The van der Waals surface area contributed by atoms with Gasteiger partial charge in [0.1, 0.15) is 0 Å². The van der Waals surface area contributed by atoms with Gasteiger partial charge in [-0.25, -0.2) is 0 Å². The molecule has 0 radical (unpaired) electrons. The van der Waals surface area contributed by atoms with Crippen molar-refractivity contribution in [3.8, 4) is 17.2 Å². The van der Waals surface area contributed by atoms with E-state index < -0.39 is 4.92 Å². The van der Waals surface area contributed by atoms with Gasteiger partial charge in [-0.3, -0.25) is 10.1 Å². The molecule has 0 amide bonds. The number of nitro groups is 1. The van der Waals surface area contributed by atoms with E-state index in [1.807, 2.05) is 0 Å². The zero-order valence-electron chi connectivity index (χ0n) is 11.7. The molecular formula is C15H15NO5. The molecule has 0 aliphatic rings. The summed E-state index contributed by atoms with van der Waals surface area (Å²) in [5, 5.41) is 20.3. The van der Waals surface area contributed by atoms with E-state index in [9.17, 15) is 10.1 Å². The third kappa shape index (κ3) is 3.11. The Morgan fingerprint density at radius 3 is 2.57 bits per heavy atom. The number of methoxy groups -OCH3 is 1. The Morgan fingerprint density at radius 1 is 1.19 bits per heavy atom. The molecule has 0 unspecified atom stereocenters. The second kappa shape index (κ2) is 6.23. The first kappa shape index (κ1) is 14.8. The van der Waals surface area contributed by atoms with Crippen molar-refractivity contribution < 1.29 is 19.5 Å². The van der Waals surface area contributed by atoms with Crippen molar-refractivity contribution in [3.63, 3.8) is 0 Å². The highest BCUT2D eigenvalue weighted by Crippen LogP contribution is 2.38. The maximum Gasteiger partial charge on any atom is 0.314 e. The summed E-state index contributed by atoms with van der Waals surface area (Å²) in [5.41, 5.74) is 1.10. The van der Waals surface area contributed by atoms with Crippen LogP contribution in [0.1, 0.15) is 11.1 Å². The number of rotatable bonds is 5. The Kier molecular flexibility index (Phi) is 4.39. The Morgan fingerprint density at radius 2 is 1.95 bits per heavy atom. The smallest absolute Gasteiger partial charge is 0.314 e. The number of hydrogen-bond acceptors (Lipinski definition) is 5. The van der Waals surface area contributed by atoms with Crippen LogP contribution in [-0.4, -0.2) is 17.1 Å². The fraction of sp³-hybridized carbons (Fsp3) is 0.200. The van der Waals surface area contributed by atoms with Crippen molar-refractivity contribution in [1.29, 1.82) is 0 Å². The summed E-state index contributed by atoms with van der Waals surface area (Å²) in [5.74, 6) is 0.899. The third-order valence-corrected chi connectivity index (χ3v) is 3.01. The van der Waals surface area contributed by atoms with E-state index in [0.717, 1.165) is 0 Å². The number of nitrogens with zero attached hydrogens (tertiary/aromatic N) is 1. The molecule has 0 fully saturated rings. The van der Waals surface area contributed by atoms with Crippen LogP contribution < -0.4 is 9.47 Å². The van der Waals surface area contributed by atoms with E-state index in [0.29, 0.717) is 22.6 Å². The molecule has 0 spiro atoms. The van der Waals surface area contributed by atoms with Gasteiger partial charge in [-0.2, -0.15) is 0 Å². The molecule has 6 heteroatoms. The number of para-hydroxylation sites is 1. The van der Waals surface area contributed by atoms with Crippen molar-refractivity contribution in [2.24, 2.45) is 0 Å². The lowest BCUT2D eigenvalue weighted by molar-refractivity contribution is -0.386. The van der Waals surface area contributed by atoms with Crippen molar-refractivity contribution in [2.75, 3.05) is 7.11 Å². The number of benzene rings is 2. The summed E-state index contributed by atoms with van der Waals surface area (Å²) in [7, 11) is 1.47. The molecule has 0 aromatic heterocycles. The molecule has 2 aromatic carbocycles. The molecule has 0 saturated heterocycles. The topological polar surface area (TPSA) is 81.8 Å². The second-order valence-corrected chi connectivity index (χ2v) is 4.42. The molecule has 1 N–H and O–H groups in total. The van der Waals surface area contributed by atoms with Gasteiger partial charge in [0.15, 0.2) is 11.5 Å². The van der Waals surface area contributed by atoms with Crippen LogP contribution in [-0.2, 0) is 6.61 Å². The first-order valence-electron chi connectivity index (χ1n) is 6.26. The largest absolute Gasteiger partial charge is 0.493 e. The Labute approximate surface area is 121 Å². The lowest BCUT2D eigenvalue weighted by Crippen LogP contribution is -1.97. The van der Waals surface area contributed by atoms with Crippen molar-refractivity contribution >= 4 is 5.69 Å². The number of nitro benzene ring substituents is 1. The van der Waals surface area contributed by atoms with E-state index >= 15 is 0 Å². The van der Waals surface area contributed by atoms with Gasteiger partial charge in [-0.15, -0.1) is 0 Å². The normalized spacial score (nSPS) is 10.2. The van der Waals surface area contributed by atoms with Crippen LogP contribution in [0.5, 0.6) is 17.2 Å². The minimum absolute atomic E-state index is 0.0780. The van der Waals surface area contributed by atoms with Gasteiger partial charge in [-0.1, -0.05) is 18.2 Å². The third-order valence-electron chi connectivity index (χ3n) is 3.01. The number of aryl methyl sites for hydroxylation is 1. The Bertz CT molecular complexity index is 669. The van der Waals surface area contributed by atoms with Crippen LogP contribution in [0.2, 0.25) is 0 Å². The van der Waals surface area contributed by atoms with Crippen LogP contribution >= 0.6 is 0 Å². The van der Waals surface area contributed by atoms with Gasteiger partial charge < -0.3 is 14.6 Å². The van der Waals surface area contributed by atoms with Crippen molar-refractivity contribution in [3.05, 3.63) is 57.6 Å². The molecule has 2 aromatic rings. The quantitative estimate of drug-likeness (QED) is 0.675. The number of hydrogen-bond donors (Lipinski definition) is 1. The molecule has 6 nitrogen and oxygen atoms in total. The van der Waals surface area contributed by atoms with Gasteiger partial charge in [0.05, 0.1) is 18.6 Å². The van der Waals surface area contributed by atoms with Crippen molar-refractivity contribution in [2.45, 2.75) is 13.5 Å². The Balaban J connectivity index is 2.43. The summed E-state index contributed by atoms with van der Waals surface area (Å²) < 4.78 is 10.8. The van der Waals surface area contributed by atoms with Crippen LogP contribution in [0.3, 0.4) is 0 Å². The molecular weight excluding hydrogens is 274 g/mol. The van der Waals surface area contributed by atoms with E-state index in [1.165, 1.54) is 13.2 Å². The summed E-state index contributed by atoms with van der Waals surface area (Å²) in [6, 6.07) is 9.76. The highest BCUT2D eigenvalue weighted by Gasteiger charge is 2.20. The molecule has 0 atom stereocenters. The van der Waals surface area contributed by atoms with E-state index in [-0.39, 0.29) is 18.0 Å². The second-order valence-electron chi connectivity index (χ2n) is 4.42. The van der Waals surface area contributed by atoms with E-state index in [1.54, 1.807) is 37.3 Å². The summed E-state index contributed by atoms with van der Waals surface area (Å²) >= 11 is 0. The lowest BCUT2D eigenvalue weighted by Gasteiger charge is -2.12. The van der Waals surface area contributed by atoms with Crippen molar-refractivity contribution in [1.82, 2.24) is 0 Å². The predicted molar refractivity (Wildman–Crippen MR) is 76.8 cm³/mol. The van der Waals surface area contributed by atoms with Crippen LogP contribution in [0, 0.1) is 17.0 Å². The van der Waals surface area contributed by atoms with Gasteiger partial charge in [-0.05, 0) is 30.7 Å². The molecule has 0 bridgehead atoms. The highest BCUT2D eigenvalue weighted by atomic mass is 16.6. The molecule has 110 valence electrons. The van der Waals surface area contributed by atoms with E-state index in [4.69, 9.17) is 14.6 Å². The highest BCUT2D eigenvalue weighted by molar-refractivity contribution is 5.55. The summed E-state index contributed by atoms with van der Waals surface area (Å²) in [6.45, 7) is 1.53. The van der Waals surface area contributed by atoms with Gasteiger partial charge in [0.25, 0.3) is 0 Å². The lowest BCUT2D eigenvalue weighted by atomic mass is 10.2.